The Labute approximate surface area is 125 Å². The third-order valence-electron chi connectivity index (χ3n) is 3.06. The number of hydrogen-bond donors (Lipinski definition) is 2. The van der Waals surface area contributed by atoms with Crippen LogP contribution >= 0.6 is 23.2 Å². The van der Waals surface area contributed by atoms with Crippen molar-refractivity contribution in [3.8, 4) is 5.75 Å². The summed E-state index contributed by atoms with van der Waals surface area (Å²) in [6.07, 6.45) is 1.69. The monoisotopic (exact) mass is 305 g/mol. The highest BCUT2D eigenvalue weighted by Gasteiger charge is 2.23. The highest BCUT2D eigenvalue weighted by Crippen LogP contribution is 2.36. The number of halogens is 2. The molecule has 0 spiro atoms. The molecule has 0 fully saturated rings. The van der Waals surface area contributed by atoms with Gasteiger partial charge < -0.3 is 10.4 Å². The highest BCUT2D eigenvalue weighted by atomic mass is 35.5. The lowest BCUT2D eigenvalue weighted by atomic mass is 10.0. The van der Waals surface area contributed by atoms with Crippen LogP contribution in [0.2, 0.25) is 10.0 Å². The first-order chi connectivity index (χ1) is 9.56. The van der Waals surface area contributed by atoms with Crippen molar-refractivity contribution in [2.24, 2.45) is 0 Å². The molecular weight excluding hydrogens is 297 g/mol. The second kappa shape index (κ2) is 4.85. The minimum Gasteiger partial charge on any atom is -0.505 e. The molecule has 2 aromatic carbocycles. The second-order valence-electron chi connectivity index (χ2n) is 4.39. The molecule has 1 amide bonds. The predicted octanol–water partition coefficient (Wildman–Crippen LogP) is 4.19. The van der Waals surface area contributed by atoms with Gasteiger partial charge in [-0.3, -0.25) is 4.79 Å². The van der Waals surface area contributed by atoms with Gasteiger partial charge in [-0.25, -0.2) is 0 Å². The van der Waals surface area contributed by atoms with E-state index < -0.39 is 0 Å². The Morgan fingerprint density at radius 2 is 1.75 bits per heavy atom. The van der Waals surface area contributed by atoms with Crippen molar-refractivity contribution in [3.63, 3.8) is 0 Å². The predicted molar refractivity (Wildman–Crippen MR) is 81.1 cm³/mol. The summed E-state index contributed by atoms with van der Waals surface area (Å²) in [4.78, 5) is 12.0. The molecule has 20 heavy (non-hydrogen) atoms. The van der Waals surface area contributed by atoms with Crippen molar-refractivity contribution in [2.45, 2.75) is 0 Å². The van der Waals surface area contributed by atoms with E-state index in [0.29, 0.717) is 11.1 Å². The summed E-state index contributed by atoms with van der Waals surface area (Å²) in [5.74, 6) is -0.335. The van der Waals surface area contributed by atoms with Gasteiger partial charge in [0.2, 0.25) is 0 Å². The first-order valence-corrected chi connectivity index (χ1v) is 6.62. The molecule has 0 radical (unpaired) electrons. The van der Waals surface area contributed by atoms with Crippen LogP contribution in [-0.4, -0.2) is 11.0 Å². The van der Waals surface area contributed by atoms with Gasteiger partial charge in [0.25, 0.3) is 5.91 Å². The third kappa shape index (κ3) is 2.15. The number of fused-ring (bicyclic) bond motifs is 1. The Morgan fingerprint density at radius 3 is 2.45 bits per heavy atom. The van der Waals surface area contributed by atoms with Crippen molar-refractivity contribution in [2.75, 3.05) is 5.32 Å². The SMILES string of the molecule is O=C1Nc2ccccc2/C1=C/c1cc(Cl)c(O)c(Cl)c1. The molecule has 1 aliphatic rings. The molecule has 0 bridgehead atoms. The number of carbonyl (C=O) groups is 1. The number of phenols is 1. The van der Waals surface area contributed by atoms with Gasteiger partial charge in [0, 0.05) is 16.8 Å². The van der Waals surface area contributed by atoms with E-state index in [4.69, 9.17) is 23.2 Å². The highest BCUT2D eigenvalue weighted by molar-refractivity contribution is 6.38. The summed E-state index contributed by atoms with van der Waals surface area (Å²) < 4.78 is 0. The molecule has 0 aromatic heterocycles. The Balaban J connectivity index is 2.11. The van der Waals surface area contributed by atoms with Crippen LogP contribution in [0.5, 0.6) is 5.75 Å². The van der Waals surface area contributed by atoms with Gasteiger partial charge >= 0.3 is 0 Å². The fourth-order valence-corrected chi connectivity index (χ4v) is 2.62. The smallest absolute Gasteiger partial charge is 0.256 e. The lowest BCUT2D eigenvalue weighted by Gasteiger charge is -2.03. The maximum Gasteiger partial charge on any atom is 0.256 e. The van der Waals surface area contributed by atoms with E-state index in [9.17, 15) is 9.90 Å². The zero-order valence-corrected chi connectivity index (χ0v) is 11.7. The van der Waals surface area contributed by atoms with Gasteiger partial charge in [-0.1, -0.05) is 41.4 Å². The maximum atomic E-state index is 12.0. The molecule has 100 valence electrons. The van der Waals surface area contributed by atoms with Crippen molar-refractivity contribution >= 4 is 46.4 Å². The Morgan fingerprint density at radius 1 is 1.10 bits per heavy atom. The van der Waals surface area contributed by atoms with Crippen LogP contribution in [0.1, 0.15) is 11.1 Å². The van der Waals surface area contributed by atoms with E-state index in [-0.39, 0.29) is 21.7 Å². The maximum absolute atomic E-state index is 12.0. The molecule has 0 atom stereocenters. The topological polar surface area (TPSA) is 49.3 Å². The first-order valence-electron chi connectivity index (χ1n) is 5.87. The summed E-state index contributed by atoms with van der Waals surface area (Å²) >= 11 is 11.8. The summed E-state index contributed by atoms with van der Waals surface area (Å²) in [5.41, 5.74) is 2.80. The normalized spacial score (nSPS) is 15.3. The number of phenolic OH excluding ortho intramolecular Hbond substituents is 1. The zero-order valence-electron chi connectivity index (χ0n) is 10.2. The molecule has 0 saturated heterocycles. The number of rotatable bonds is 1. The fourth-order valence-electron chi connectivity index (χ4n) is 2.12. The average molecular weight is 306 g/mol. The number of carbonyl (C=O) groups excluding carboxylic acids is 1. The molecule has 3 rings (SSSR count). The van der Waals surface area contributed by atoms with E-state index in [2.05, 4.69) is 5.32 Å². The van der Waals surface area contributed by atoms with Crippen molar-refractivity contribution < 1.29 is 9.90 Å². The van der Waals surface area contributed by atoms with Crippen LogP contribution in [-0.2, 0) is 4.79 Å². The number of para-hydroxylation sites is 1. The summed E-state index contributed by atoms with van der Waals surface area (Å²) in [7, 11) is 0. The molecule has 2 N–H and O–H groups in total. The Kier molecular flexibility index (Phi) is 3.16. The average Bonchev–Trinajstić information content (AvgIpc) is 2.73. The Hall–Kier alpha value is -1.97. The van der Waals surface area contributed by atoms with Crippen LogP contribution in [0.4, 0.5) is 5.69 Å². The van der Waals surface area contributed by atoms with Gasteiger partial charge in [0.15, 0.2) is 5.75 Å². The van der Waals surface area contributed by atoms with E-state index in [1.165, 1.54) is 0 Å². The van der Waals surface area contributed by atoms with Crippen molar-refractivity contribution in [1.82, 2.24) is 0 Å². The Bertz CT molecular complexity index is 730. The lowest BCUT2D eigenvalue weighted by Crippen LogP contribution is -2.03. The van der Waals surface area contributed by atoms with E-state index in [1.807, 2.05) is 24.3 Å². The van der Waals surface area contributed by atoms with Gasteiger partial charge in [-0.15, -0.1) is 0 Å². The van der Waals surface area contributed by atoms with Crippen molar-refractivity contribution in [3.05, 3.63) is 57.6 Å². The summed E-state index contributed by atoms with van der Waals surface area (Å²) in [6, 6.07) is 10.5. The molecule has 2 aromatic rings. The van der Waals surface area contributed by atoms with E-state index >= 15 is 0 Å². The fraction of sp³-hybridized carbons (Fsp3) is 0. The minimum atomic E-state index is -0.175. The summed E-state index contributed by atoms with van der Waals surface area (Å²) in [5, 5.41) is 12.6. The summed E-state index contributed by atoms with van der Waals surface area (Å²) in [6.45, 7) is 0. The molecule has 0 saturated carbocycles. The number of aromatic hydroxyl groups is 1. The third-order valence-corrected chi connectivity index (χ3v) is 3.64. The van der Waals surface area contributed by atoms with E-state index in [1.54, 1.807) is 18.2 Å². The number of hydrogen-bond acceptors (Lipinski definition) is 2. The molecule has 0 aliphatic carbocycles. The van der Waals surface area contributed by atoms with Gasteiger partial charge in [-0.05, 0) is 29.8 Å². The van der Waals surface area contributed by atoms with Crippen LogP contribution in [0.3, 0.4) is 0 Å². The van der Waals surface area contributed by atoms with Crippen LogP contribution in [0, 0.1) is 0 Å². The molecular formula is C15H9Cl2NO2. The van der Waals surface area contributed by atoms with Gasteiger partial charge in [0.05, 0.1) is 10.0 Å². The molecule has 5 heteroatoms. The first kappa shape index (κ1) is 13.0. The molecule has 1 aliphatic heterocycles. The molecule has 3 nitrogen and oxygen atoms in total. The minimum absolute atomic E-state index is 0.149. The largest absolute Gasteiger partial charge is 0.505 e. The number of nitrogens with one attached hydrogen (secondary N) is 1. The zero-order chi connectivity index (χ0) is 14.3. The van der Waals surface area contributed by atoms with Gasteiger partial charge in [0.1, 0.15) is 0 Å². The quantitative estimate of drug-likeness (QED) is 0.776. The second-order valence-corrected chi connectivity index (χ2v) is 5.21. The van der Waals surface area contributed by atoms with Gasteiger partial charge in [-0.2, -0.15) is 0 Å². The lowest BCUT2D eigenvalue weighted by molar-refractivity contribution is -0.110. The van der Waals surface area contributed by atoms with Crippen LogP contribution < -0.4 is 5.32 Å². The molecule has 0 unspecified atom stereocenters. The van der Waals surface area contributed by atoms with Crippen molar-refractivity contribution in [1.29, 1.82) is 0 Å². The number of benzene rings is 2. The van der Waals surface area contributed by atoms with Crippen LogP contribution in [0.15, 0.2) is 36.4 Å². The molecule has 1 heterocycles. The van der Waals surface area contributed by atoms with E-state index in [0.717, 1.165) is 11.3 Å². The van der Waals surface area contributed by atoms with Crippen LogP contribution in [0.25, 0.3) is 11.6 Å². The number of amides is 1. The number of anilines is 1. The standard InChI is InChI=1S/C15H9Cl2NO2/c16-11-6-8(7-12(17)14(11)19)5-10-9-3-1-2-4-13(9)18-15(10)20/h1-7,19H,(H,18,20)/b10-5-.